The van der Waals surface area contributed by atoms with Gasteiger partial charge in [0, 0.05) is 6.07 Å². The van der Waals surface area contributed by atoms with Crippen LogP contribution in [0.4, 0.5) is 4.39 Å². The van der Waals surface area contributed by atoms with E-state index in [0.29, 0.717) is 11.5 Å². The van der Waals surface area contributed by atoms with Gasteiger partial charge in [0.15, 0.2) is 17.3 Å². The number of ether oxygens (including phenoxy) is 2. The molecule has 0 N–H and O–H groups in total. The summed E-state index contributed by atoms with van der Waals surface area (Å²) in [5.74, 6) is -0.674. The Balaban J connectivity index is 2.47. The van der Waals surface area contributed by atoms with Gasteiger partial charge < -0.3 is 9.47 Å². The van der Waals surface area contributed by atoms with Crippen molar-refractivity contribution in [1.29, 1.82) is 0 Å². The molecular formula is C9H6ClFO3. The zero-order chi connectivity index (χ0) is 10.1. The predicted octanol–water partition coefficient (Wildman–Crippen LogP) is 1.98. The lowest BCUT2D eigenvalue weighted by Crippen LogP contribution is -2.03. The summed E-state index contributed by atoms with van der Waals surface area (Å²) >= 11 is 5.32. The molecule has 0 saturated heterocycles. The second-order valence-corrected chi connectivity index (χ2v) is 3.01. The van der Waals surface area contributed by atoms with Gasteiger partial charge in [-0.2, -0.15) is 0 Å². The van der Waals surface area contributed by atoms with Gasteiger partial charge in [-0.15, -0.1) is 11.6 Å². The fourth-order valence-corrected chi connectivity index (χ4v) is 1.35. The average Bonchev–Trinajstić information content (AvgIpc) is 2.62. The summed E-state index contributed by atoms with van der Waals surface area (Å²) in [6.45, 7) is 0.0489. The van der Waals surface area contributed by atoms with Gasteiger partial charge in [-0.3, -0.25) is 4.79 Å². The minimum Gasteiger partial charge on any atom is -0.454 e. The third-order valence-corrected chi connectivity index (χ3v) is 2.13. The minimum absolute atomic E-state index is 0.0489. The number of fused-ring (bicyclic) bond motifs is 1. The maximum absolute atomic E-state index is 13.3. The van der Waals surface area contributed by atoms with Gasteiger partial charge in [0.25, 0.3) is 0 Å². The number of halogens is 2. The highest BCUT2D eigenvalue weighted by Crippen LogP contribution is 2.34. The van der Waals surface area contributed by atoms with E-state index < -0.39 is 11.6 Å². The van der Waals surface area contributed by atoms with Crippen LogP contribution < -0.4 is 9.47 Å². The molecule has 1 heterocycles. The van der Waals surface area contributed by atoms with E-state index in [0.717, 1.165) is 6.07 Å². The van der Waals surface area contributed by atoms with Gasteiger partial charge in [-0.25, -0.2) is 4.39 Å². The quantitative estimate of drug-likeness (QED) is 0.560. The van der Waals surface area contributed by atoms with Crippen LogP contribution >= 0.6 is 11.6 Å². The monoisotopic (exact) mass is 216 g/mol. The first kappa shape index (κ1) is 9.27. The number of carbonyl (C=O) groups excluding carboxylic acids is 1. The van der Waals surface area contributed by atoms with Crippen LogP contribution in [0, 0.1) is 5.82 Å². The molecule has 0 aromatic heterocycles. The summed E-state index contributed by atoms with van der Waals surface area (Å²) in [5, 5.41) is 0. The van der Waals surface area contributed by atoms with Crippen molar-refractivity contribution >= 4 is 17.4 Å². The van der Waals surface area contributed by atoms with E-state index in [1.54, 1.807) is 0 Å². The SMILES string of the molecule is O=C(CCl)c1cc2c(cc1F)OCO2. The van der Waals surface area contributed by atoms with E-state index in [-0.39, 0.29) is 18.2 Å². The van der Waals surface area contributed by atoms with Gasteiger partial charge in [0.2, 0.25) is 6.79 Å². The Kier molecular flexibility index (Phi) is 2.29. The first-order valence-corrected chi connectivity index (χ1v) is 4.44. The van der Waals surface area contributed by atoms with Gasteiger partial charge in [0.05, 0.1) is 11.4 Å². The highest BCUT2D eigenvalue weighted by molar-refractivity contribution is 6.30. The molecule has 5 heteroatoms. The lowest BCUT2D eigenvalue weighted by Gasteiger charge is -2.01. The van der Waals surface area contributed by atoms with Crippen LogP contribution in [0.15, 0.2) is 12.1 Å². The highest BCUT2D eigenvalue weighted by Gasteiger charge is 2.20. The molecule has 0 bridgehead atoms. The molecule has 3 nitrogen and oxygen atoms in total. The number of carbonyl (C=O) groups is 1. The number of Topliss-reactive ketones (excluding diaryl/α,β-unsaturated/α-hetero) is 1. The second kappa shape index (κ2) is 3.46. The molecule has 0 radical (unpaired) electrons. The summed E-state index contributed by atoms with van der Waals surface area (Å²) in [5.41, 5.74) is -0.0655. The number of hydrogen-bond donors (Lipinski definition) is 0. The maximum Gasteiger partial charge on any atom is 0.231 e. The topological polar surface area (TPSA) is 35.5 Å². The first-order chi connectivity index (χ1) is 6.72. The second-order valence-electron chi connectivity index (χ2n) is 2.74. The zero-order valence-corrected chi connectivity index (χ0v) is 7.81. The maximum atomic E-state index is 13.3. The van der Waals surface area contributed by atoms with Crippen molar-refractivity contribution in [2.24, 2.45) is 0 Å². The third kappa shape index (κ3) is 1.42. The molecule has 0 spiro atoms. The minimum atomic E-state index is -0.639. The van der Waals surface area contributed by atoms with Crippen LogP contribution in [0.25, 0.3) is 0 Å². The Morgan fingerprint density at radius 2 is 2.07 bits per heavy atom. The summed E-state index contributed by atoms with van der Waals surface area (Å²) in [7, 11) is 0. The Morgan fingerprint density at radius 3 is 2.71 bits per heavy atom. The molecule has 0 unspecified atom stereocenters. The molecule has 0 amide bonds. The van der Waals surface area contributed by atoms with Crippen LogP contribution in [0.3, 0.4) is 0 Å². The lowest BCUT2D eigenvalue weighted by molar-refractivity contribution is 0.101. The average molecular weight is 217 g/mol. The Morgan fingerprint density at radius 1 is 1.43 bits per heavy atom. The Hall–Kier alpha value is -1.29. The summed E-state index contributed by atoms with van der Waals surface area (Å²) in [6, 6.07) is 2.44. The van der Waals surface area contributed by atoms with Crippen LogP contribution in [0.1, 0.15) is 10.4 Å². The van der Waals surface area contributed by atoms with Gasteiger partial charge >= 0.3 is 0 Å². The molecule has 2 rings (SSSR count). The fourth-order valence-electron chi connectivity index (χ4n) is 1.20. The molecule has 0 atom stereocenters. The number of benzene rings is 1. The van der Waals surface area contributed by atoms with Gasteiger partial charge in [-0.05, 0) is 6.07 Å². The van der Waals surface area contributed by atoms with E-state index >= 15 is 0 Å². The van der Waals surface area contributed by atoms with Crippen molar-refractivity contribution in [2.75, 3.05) is 12.7 Å². The molecular weight excluding hydrogens is 211 g/mol. The molecule has 0 saturated carbocycles. The number of hydrogen-bond acceptors (Lipinski definition) is 3. The smallest absolute Gasteiger partial charge is 0.231 e. The molecule has 1 aliphatic heterocycles. The number of alkyl halides is 1. The number of rotatable bonds is 2. The Bertz CT molecular complexity index is 392. The third-order valence-electron chi connectivity index (χ3n) is 1.88. The van der Waals surface area contributed by atoms with Gasteiger partial charge in [-0.1, -0.05) is 0 Å². The molecule has 14 heavy (non-hydrogen) atoms. The van der Waals surface area contributed by atoms with Crippen molar-refractivity contribution in [3.63, 3.8) is 0 Å². The zero-order valence-electron chi connectivity index (χ0n) is 7.05. The Labute approximate surface area is 84.4 Å². The van der Waals surface area contributed by atoms with Crippen LogP contribution in [0.2, 0.25) is 0 Å². The first-order valence-electron chi connectivity index (χ1n) is 3.90. The van der Waals surface area contributed by atoms with Crippen molar-refractivity contribution in [3.05, 3.63) is 23.5 Å². The van der Waals surface area contributed by atoms with E-state index in [4.69, 9.17) is 21.1 Å². The van der Waals surface area contributed by atoms with Crippen LogP contribution in [-0.2, 0) is 0 Å². The van der Waals surface area contributed by atoms with E-state index in [2.05, 4.69) is 0 Å². The molecule has 0 aliphatic carbocycles. The van der Waals surface area contributed by atoms with Crippen molar-refractivity contribution < 1.29 is 18.7 Å². The summed E-state index contributed by atoms with van der Waals surface area (Å²) in [4.78, 5) is 11.2. The molecule has 1 aliphatic rings. The van der Waals surface area contributed by atoms with Crippen LogP contribution in [-0.4, -0.2) is 18.5 Å². The van der Waals surface area contributed by atoms with Crippen molar-refractivity contribution in [2.45, 2.75) is 0 Å². The highest BCUT2D eigenvalue weighted by atomic mass is 35.5. The fraction of sp³-hybridized carbons (Fsp3) is 0.222. The van der Waals surface area contributed by atoms with Crippen molar-refractivity contribution in [3.8, 4) is 11.5 Å². The predicted molar refractivity (Wildman–Crippen MR) is 47.6 cm³/mol. The van der Waals surface area contributed by atoms with E-state index in [1.165, 1.54) is 6.07 Å². The normalized spacial score (nSPS) is 13.0. The van der Waals surface area contributed by atoms with Crippen molar-refractivity contribution in [1.82, 2.24) is 0 Å². The molecule has 0 fully saturated rings. The van der Waals surface area contributed by atoms with E-state index in [1.807, 2.05) is 0 Å². The number of ketones is 1. The standard InChI is InChI=1S/C9H6ClFO3/c10-3-7(12)5-1-8-9(2-6(5)11)14-4-13-8/h1-2H,3-4H2. The lowest BCUT2D eigenvalue weighted by atomic mass is 10.1. The van der Waals surface area contributed by atoms with Gasteiger partial charge in [0.1, 0.15) is 5.82 Å². The molecule has 1 aromatic carbocycles. The van der Waals surface area contributed by atoms with E-state index in [9.17, 15) is 9.18 Å². The summed E-state index contributed by atoms with van der Waals surface area (Å²) < 4.78 is 23.2. The molecule has 1 aromatic rings. The largest absolute Gasteiger partial charge is 0.454 e. The molecule has 74 valence electrons. The summed E-state index contributed by atoms with van der Waals surface area (Å²) in [6.07, 6.45) is 0. The van der Waals surface area contributed by atoms with Crippen LogP contribution in [0.5, 0.6) is 11.5 Å².